The van der Waals surface area contributed by atoms with E-state index in [0.29, 0.717) is 16.7 Å². The van der Waals surface area contributed by atoms with Crippen LogP contribution < -0.4 is 15.0 Å². The smallest absolute Gasteiger partial charge is 0.406 e. The van der Waals surface area contributed by atoms with Crippen LogP contribution in [0.2, 0.25) is 0 Å². The molecule has 0 unspecified atom stereocenters. The van der Waals surface area contributed by atoms with E-state index in [-0.39, 0.29) is 17.4 Å². The van der Waals surface area contributed by atoms with Gasteiger partial charge in [-0.2, -0.15) is 4.99 Å². The standard InChI is InChI=1S/C30H25F3N6O3S/c1-18-5-4-6-19(2)26(18)39-25(40)16-43-29(39)36-28(41)34-15-20(3)21-7-9-22(10-8-21)27-35-17-38(37-27)23-11-13-24(14-12-23)42-30(31,32)33/h4-15,17H,16H2,1-3H3,(H,34,41)/b20-15+,36-29-. The third-order valence-electron chi connectivity index (χ3n) is 6.46. The fourth-order valence-corrected chi connectivity index (χ4v) is 5.25. The second-order valence-electron chi connectivity index (χ2n) is 9.56. The fraction of sp³-hybridized carbons (Fsp3) is 0.167. The van der Waals surface area contributed by atoms with Gasteiger partial charge in [0, 0.05) is 11.8 Å². The zero-order valence-electron chi connectivity index (χ0n) is 23.2. The molecule has 220 valence electrons. The van der Waals surface area contributed by atoms with E-state index in [1.807, 2.05) is 63.2 Å². The van der Waals surface area contributed by atoms with Gasteiger partial charge < -0.3 is 10.1 Å². The van der Waals surface area contributed by atoms with Crippen LogP contribution in [0.1, 0.15) is 23.6 Å². The fourth-order valence-electron chi connectivity index (χ4n) is 4.40. The minimum absolute atomic E-state index is 0.131. The number of hydrogen-bond acceptors (Lipinski definition) is 6. The number of anilines is 1. The first kappa shape index (κ1) is 29.6. The molecular formula is C30H25F3N6O3S. The van der Waals surface area contributed by atoms with E-state index < -0.39 is 12.4 Å². The molecule has 1 saturated heterocycles. The van der Waals surface area contributed by atoms with Crippen LogP contribution in [0.4, 0.5) is 23.7 Å². The molecule has 9 nitrogen and oxygen atoms in total. The summed E-state index contributed by atoms with van der Waals surface area (Å²) in [6.45, 7) is 5.65. The third kappa shape index (κ3) is 6.95. The maximum Gasteiger partial charge on any atom is 0.573 e. The monoisotopic (exact) mass is 606 g/mol. The Hall–Kier alpha value is -4.91. The largest absolute Gasteiger partial charge is 0.573 e. The number of hydrogen-bond donors (Lipinski definition) is 1. The normalized spacial score (nSPS) is 14.8. The Kier molecular flexibility index (Phi) is 8.35. The topological polar surface area (TPSA) is 102 Å². The Morgan fingerprint density at radius 3 is 2.37 bits per heavy atom. The lowest BCUT2D eigenvalue weighted by molar-refractivity contribution is -0.274. The van der Waals surface area contributed by atoms with Crippen LogP contribution in [0.5, 0.6) is 5.75 Å². The number of carbonyl (C=O) groups excluding carboxylic acids is 2. The lowest BCUT2D eigenvalue weighted by Crippen LogP contribution is -2.32. The Morgan fingerprint density at radius 2 is 1.72 bits per heavy atom. The second kappa shape index (κ2) is 12.1. The van der Waals surface area contributed by atoms with E-state index in [9.17, 15) is 22.8 Å². The highest BCUT2D eigenvalue weighted by Crippen LogP contribution is 2.32. The zero-order chi connectivity index (χ0) is 30.7. The predicted molar refractivity (Wildman–Crippen MR) is 159 cm³/mol. The average Bonchev–Trinajstić information content (AvgIpc) is 3.59. The lowest BCUT2D eigenvalue weighted by atomic mass is 10.1. The summed E-state index contributed by atoms with van der Waals surface area (Å²) in [6, 6.07) is 17.8. The Balaban J connectivity index is 1.24. The number of allylic oxidation sites excluding steroid dienone is 1. The lowest BCUT2D eigenvalue weighted by Gasteiger charge is -2.20. The van der Waals surface area contributed by atoms with Gasteiger partial charge in [0.1, 0.15) is 12.1 Å². The van der Waals surface area contributed by atoms with Crippen LogP contribution in [-0.2, 0) is 4.79 Å². The third-order valence-corrected chi connectivity index (χ3v) is 7.39. The number of aromatic nitrogens is 3. The van der Waals surface area contributed by atoms with Crippen molar-refractivity contribution in [2.75, 3.05) is 10.7 Å². The molecule has 1 aliphatic rings. The van der Waals surface area contributed by atoms with Crippen LogP contribution >= 0.6 is 11.8 Å². The number of nitrogens with zero attached hydrogens (tertiary/aromatic N) is 5. The van der Waals surface area contributed by atoms with Crippen LogP contribution in [-0.4, -0.2) is 44.0 Å². The number of carbonyl (C=O) groups is 2. The molecule has 13 heteroatoms. The molecule has 5 rings (SSSR count). The number of amides is 3. The number of halogens is 3. The first-order valence-electron chi connectivity index (χ1n) is 12.9. The second-order valence-corrected chi connectivity index (χ2v) is 10.5. The molecule has 2 heterocycles. The molecule has 0 radical (unpaired) electrons. The number of urea groups is 1. The van der Waals surface area contributed by atoms with Crippen molar-refractivity contribution >= 4 is 40.1 Å². The van der Waals surface area contributed by atoms with Crippen LogP contribution in [0.25, 0.3) is 22.6 Å². The van der Waals surface area contributed by atoms with E-state index in [0.717, 1.165) is 33.5 Å². The number of amidine groups is 1. The molecule has 4 aromatic rings. The van der Waals surface area contributed by atoms with E-state index in [4.69, 9.17) is 0 Å². The molecular weight excluding hydrogens is 581 g/mol. The number of nitrogens with one attached hydrogen (secondary N) is 1. The summed E-state index contributed by atoms with van der Waals surface area (Å²) >= 11 is 1.22. The van der Waals surface area contributed by atoms with E-state index in [2.05, 4.69) is 25.1 Å². The first-order chi connectivity index (χ1) is 20.5. The van der Waals surface area contributed by atoms with Crippen LogP contribution in [0.3, 0.4) is 0 Å². The maximum absolute atomic E-state index is 12.7. The molecule has 1 fully saturated rings. The molecule has 3 aromatic carbocycles. The number of aliphatic imine (C=N–C) groups is 1. The summed E-state index contributed by atoms with van der Waals surface area (Å²) in [4.78, 5) is 35.2. The van der Waals surface area contributed by atoms with Gasteiger partial charge in [0.15, 0.2) is 11.0 Å². The number of aryl methyl sites for hydroxylation is 2. The minimum atomic E-state index is -4.76. The molecule has 0 atom stereocenters. The van der Waals surface area contributed by atoms with Gasteiger partial charge in [0.05, 0.1) is 17.1 Å². The summed E-state index contributed by atoms with van der Waals surface area (Å²) in [5.41, 5.74) is 5.40. The minimum Gasteiger partial charge on any atom is -0.406 e. The number of benzene rings is 3. The van der Waals surface area contributed by atoms with Gasteiger partial charge in [-0.3, -0.25) is 9.69 Å². The van der Waals surface area contributed by atoms with E-state index in [1.54, 1.807) is 6.20 Å². The number of rotatable bonds is 6. The number of alkyl halides is 3. The molecule has 0 spiro atoms. The number of thioether (sulfide) groups is 1. The average molecular weight is 607 g/mol. The summed E-state index contributed by atoms with van der Waals surface area (Å²) in [5.74, 6) is 0.168. The van der Waals surface area contributed by atoms with Crippen LogP contribution in [0.15, 0.2) is 84.2 Å². The van der Waals surface area contributed by atoms with Gasteiger partial charge in [-0.25, -0.2) is 14.5 Å². The highest BCUT2D eigenvalue weighted by Gasteiger charge is 2.32. The molecule has 0 aliphatic carbocycles. The molecule has 1 aliphatic heterocycles. The molecule has 1 aromatic heterocycles. The van der Waals surface area contributed by atoms with Crippen molar-refractivity contribution in [3.8, 4) is 22.8 Å². The van der Waals surface area contributed by atoms with Crippen molar-refractivity contribution in [1.82, 2.24) is 20.1 Å². The van der Waals surface area contributed by atoms with Crippen molar-refractivity contribution in [2.24, 2.45) is 4.99 Å². The summed E-state index contributed by atoms with van der Waals surface area (Å²) in [6.07, 6.45) is -1.75. The van der Waals surface area contributed by atoms with Gasteiger partial charge in [-0.1, -0.05) is 54.2 Å². The molecule has 43 heavy (non-hydrogen) atoms. The highest BCUT2D eigenvalue weighted by atomic mass is 32.2. The summed E-state index contributed by atoms with van der Waals surface area (Å²) < 4.78 is 42.5. The summed E-state index contributed by atoms with van der Waals surface area (Å²) in [5, 5.41) is 7.40. The van der Waals surface area contributed by atoms with Gasteiger partial charge in [-0.15, -0.1) is 18.3 Å². The van der Waals surface area contributed by atoms with E-state index in [1.165, 1.54) is 51.9 Å². The summed E-state index contributed by atoms with van der Waals surface area (Å²) in [7, 11) is 0. The number of ether oxygens (including phenoxy) is 1. The van der Waals surface area contributed by atoms with Gasteiger partial charge >= 0.3 is 12.4 Å². The molecule has 0 bridgehead atoms. The van der Waals surface area contributed by atoms with Crippen molar-refractivity contribution in [1.29, 1.82) is 0 Å². The number of para-hydroxylation sites is 1. The van der Waals surface area contributed by atoms with Crippen molar-refractivity contribution in [3.63, 3.8) is 0 Å². The quantitative estimate of drug-likeness (QED) is 0.264. The van der Waals surface area contributed by atoms with E-state index >= 15 is 0 Å². The molecule has 3 amide bonds. The van der Waals surface area contributed by atoms with Crippen molar-refractivity contribution < 1.29 is 27.5 Å². The SMILES string of the molecule is C/C(=C\NC(=O)/N=C1\SCC(=O)N1c1c(C)cccc1C)c1ccc(-c2ncn(-c3ccc(OC(F)(F)F)cc3)n2)cc1. The predicted octanol–water partition coefficient (Wildman–Crippen LogP) is 6.66. The highest BCUT2D eigenvalue weighted by molar-refractivity contribution is 8.15. The molecule has 0 saturated carbocycles. The van der Waals surface area contributed by atoms with Crippen molar-refractivity contribution in [3.05, 3.63) is 95.9 Å². The Labute approximate surface area is 249 Å². The Bertz CT molecular complexity index is 1710. The van der Waals surface area contributed by atoms with Crippen LogP contribution in [0, 0.1) is 13.8 Å². The van der Waals surface area contributed by atoms with Gasteiger partial charge in [0.2, 0.25) is 5.91 Å². The van der Waals surface area contributed by atoms with Gasteiger partial charge in [0.25, 0.3) is 0 Å². The first-order valence-corrected chi connectivity index (χ1v) is 13.9. The van der Waals surface area contributed by atoms with Gasteiger partial charge in [-0.05, 0) is 67.3 Å². The van der Waals surface area contributed by atoms with Crippen molar-refractivity contribution in [2.45, 2.75) is 27.1 Å². The zero-order valence-corrected chi connectivity index (χ0v) is 24.0. The molecule has 1 N–H and O–H groups in total. The Morgan fingerprint density at radius 1 is 1.05 bits per heavy atom. The maximum atomic E-state index is 12.7.